The molecule has 2 N–H and O–H groups in total. The highest BCUT2D eigenvalue weighted by Gasteiger charge is 2.16. The van der Waals surface area contributed by atoms with Gasteiger partial charge in [0.05, 0.1) is 11.3 Å². The minimum atomic E-state index is -0.409. The van der Waals surface area contributed by atoms with Crippen molar-refractivity contribution in [2.75, 3.05) is 5.32 Å². The van der Waals surface area contributed by atoms with Crippen LogP contribution in [0.5, 0.6) is 0 Å². The molecular formula is C21H11BrClN3O4. The fraction of sp³-hybridized carbons (Fsp3) is 0. The number of carbonyl (C=O) groups is 1. The van der Waals surface area contributed by atoms with E-state index in [2.05, 4.69) is 31.2 Å². The molecule has 30 heavy (non-hydrogen) atoms. The van der Waals surface area contributed by atoms with Crippen LogP contribution in [0.25, 0.3) is 33.5 Å². The second-order valence-corrected chi connectivity index (χ2v) is 7.78. The Hall–Kier alpha value is -3.36. The van der Waals surface area contributed by atoms with E-state index in [1.54, 1.807) is 36.4 Å². The third-order valence-electron chi connectivity index (χ3n) is 4.51. The molecule has 0 saturated heterocycles. The van der Waals surface area contributed by atoms with Crippen LogP contribution in [0.1, 0.15) is 10.6 Å². The SMILES string of the molecule is O=C(Nc1ccc(-c2nc3c(oc4ccc(Br)cc43)c(=O)[nH]2)c(Cl)c1)c1ccco1. The zero-order valence-corrected chi connectivity index (χ0v) is 17.4. The van der Waals surface area contributed by atoms with Gasteiger partial charge in [0.15, 0.2) is 5.76 Å². The molecule has 0 unspecified atom stereocenters. The third-order valence-corrected chi connectivity index (χ3v) is 5.32. The highest BCUT2D eigenvalue weighted by Crippen LogP contribution is 2.32. The van der Waals surface area contributed by atoms with Crippen LogP contribution in [0, 0.1) is 0 Å². The van der Waals surface area contributed by atoms with E-state index >= 15 is 0 Å². The van der Waals surface area contributed by atoms with Crippen molar-refractivity contribution in [3.63, 3.8) is 0 Å². The number of furan rings is 2. The van der Waals surface area contributed by atoms with Gasteiger partial charge in [-0.05, 0) is 48.5 Å². The van der Waals surface area contributed by atoms with E-state index in [1.165, 1.54) is 6.26 Å². The molecule has 3 heterocycles. The summed E-state index contributed by atoms with van der Waals surface area (Å²) < 4.78 is 11.6. The Morgan fingerprint density at radius 2 is 2.03 bits per heavy atom. The molecule has 0 aliphatic carbocycles. The van der Waals surface area contributed by atoms with Crippen molar-refractivity contribution < 1.29 is 13.6 Å². The fourth-order valence-electron chi connectivity index (χ4n) is 3.14. The van der Waals surface area contributed by atoms with Gasteiger partial charge in [0, 0.05) is 21.1 Å². The first-order valence-electron chi connectivity index (χ1n) is 8.76. The summed E-state index contributed by atoms with van der Waals surface area (Å²) in [7, 11) is 0. The predicted molar refractivity (Wildman–Crippen MR) is 117 cm³/mol. The topological polar surface area (TPSA) is 101 Å². The number of hydrogen-bond donors (Lipinski definition) is 2. The van der Waals surface area contributed by atoms with Gasteiger partial charge in [-0.25, -0.2) is 4.98 Å². The average Bonchev–Trinajstić information content (AvgIpc) is 3.37. The lowest BCUT2D eigenvalue weighted by Gasteiger charge is -2.08. The summed E-state index contributed by atoms with van der Waals surface area (Å²) >= 11 is 9.85. The van der Waals surface area contributed by atoms with E-state index in [1.807, 2.05) is 12.1 Å². The first-order valence-corrected chi connectivity index (χ1v) is 9.93. The Kier molecular flexibility index (Phi) is 4.45. The highest BCUT2D eigenvalue weighted by atomic mass is 79.9. The van der Waals surface area contributed by atoms with Crippen LogP contribution in [0.4, 0.5) is 5.69 Å². The molecule has 0 aliphatic heterocycles. The standard InChI is InChI=1S/C21H11BrClN3O4/c22-10-3-6-15-13(8-10)17-18(30-15)21(28)26-19(25-17)12-5-4-11(9-14(12)23)24-20(27)16-2-1-7-29-16/h1-9H,(H,24,27)(H,25,26,28). The van der Waals surface area contributed by atoms with Crippen molar-refractivity contribution in [1.29, 1.82) is 0 Å². The summed E-state index contributed by atoms with van der Waals surface area (Å²) in [5.74, 6) is 0.0842. The maximum absolute atomic E-state index is 12.6. The minimum absolute atomic E-state index is 0.144. The van der Waals surface area contributed by atoms with Crippen molar-refractivity contribution >= 4 is 61.2 Å². The van der Waals surface area contributed by atoms with Gasteiger partial charge < -0.3 is 19.1 Å². The largest absolute Gasteiger partial charge is 0.459 e. The molecule has 0 fully saturated rings. The summed E-state index contributed by atoms with van der Waals surface area (Å²) in [4.78, 5) is 32.0. The predicted octanol–water partition coefficient (Wildman–Crippen LogP) is 5.60. The van der Waals surface area contributed by atoms with Crippen molar-refractivity contribution in [2.45, 2.75) is 0 Å². The van der Waals surface area contributed by atoms with Crippen molar-refractivity contribution in [3.8, 4) is 11.4 Å². The molecule has 0 bridgehead atoms. The van der Waals surface area contributed by atoms with Gasteiger partial charge >= 0.3 is 0 Å². The van der Waals surface area contributed by atoms with Crippen molar-refractivity contribution in [1.82, 2.24) is 9.97 Å². The molecular weight excluding hydrogens is 474 g/mol. The Bertz CT molecular complexity index is 1490. The van der Waals surface area contributed by atoms with Gasteiger partial charge in [-0.2, -0.15) is 0 Å². The number of carbonyl (C=O) groups excluding carboxylic acids is 1. The summed E-state index contributed by atoms with van der Waals surface area (Å²) in [6.07, 6.45) is 1.42. The van der Waals surface area contributed by atoms with Gasteiger partial charge in [-0.1, -0.05) is 27.5 Å². The van der Waals surface area contributed by atoms with E-state index in [9.17, 15) is 9.59 Å². The maximum atomic E-state index is 12.6. The number of amides is 1. The highest BCUT2D eigenvalue weighted by molar-refractivity contribution is 9.10. The summed E-state index contributed by atoms with van der Waals surface area (Å²) in [6, 6.07) is 13.5. The number of rotatable bonds is 3. The summed E-state index contributed by atoms with van der Waals surface area (Å²) in [6.45, 7) is 0. The number of nitrogens with zero attached hydrogens (tertiary/aromatic N) is 1. The number of benzene rings is 2. The second kappa shape index (κ2) is 7.16. The van der Waals surface area contributed by atoms with Crippen LogP contribution in [0.3, 0.4) is 0 Å². The third kappa shape index (κ3) is 3.20. The normalized spacial score (nSPS) is 11.3. The number of anilines is 1. The summed E-state index contributed by atoms with van der Waals surface area (Å²) in [5, 5.41) is 3.72. The number of aromatic nitrogens is 2. The van der Waals surface area contributed by atoms with Gasteiger partial charge in [0.2, 0.25) is 5.58 Å². The molecule has 0 atom stereocenters. The molecule has 2 aromatic carbocycles. The molecule has 0 aliphatic rings. The maximum Gasteiger partial charge on any atom is 0.294 e. The van der Waals surface area contributed by atoms with Crippen LogP contribution in [-0.2, 0) is 0 Å². The number of hydrogen-bond acceptors (Lipinski definition) is 5. The Balaban J connectivity index is 1.56. The molecule has 0 radical (unpaired) electrons. The Labute approximate surface area is 181 Å². The number of aromatic amines is 1. The smallest absolute Gasteiger partial charge is 0.294 e. The van der Waals surface area contributed by atoms with E-state index in [0.717, 1.165) is 4.47 Å². The molecule has 9 heteroatoms. The lowest BCUT2D eigenvalue weighted by molar-refractivity contribution is 0.0996. The monoisotopic (exact) mass is 483 g/mol. The van der Waals surface area contributed by atoms with Crippen molar-refractivity contribution in [3.05, 3.63) is 80.4 Å². The second-order valence-electron chi connectivity index (χ2n) is 6.46. The molecule has 0 saturated carbocycles. The quantitative estimate of drug-likeness (QED) is 0.347. The zero-order chi connectivity index (χ0) is 20.8. The van der Waals surface area contributed by atoms with E-state index in [4.69, 9.17) is 20.4 Å². The first-order chi connectivity index (χ1) is 14.5. The molecule has 0 spiro atoms. The van der Waals surface area contributed by atoms with Crippen LogP contribution < -0.4 is 10.9 Å². The minimum Gasteiger partial charge on any atom is -0.459 e. The van der Waals surface area contributed by atoms with Gasteiger partial charge in [-0.3, -0.25) is 9.59 Å². The molecule has 3 aromatic heterocycles. The first kappa shape index (κ1) is 18.7. The number of H-pyrrole nitrogens is 1. The van der Waals surface area contributed by atoms with Gasteiger partial charge in [0.1, 0.15) is 16.9 Å². The van der Waals surface area contributed by atoms with Crippen LogP contribution in [0.2, 0.25) is 5.02 Å². The Morgan fingerprint density at radius 3 is 2.80 bits per heavy atom. The van der Waals surface area contributed by atoms with Gasteiger partial charge in [-0.15, -0.1) is 0 Å². The fourth-order valence-corrected chi connectivity index (χ4v) is 3.77. The summed E-state index contributed by atoms with van der Waals surface area (Å²) in [5.41, 5.74) is 1.72. The van der Waals surface area contributed by atoms with E-state index < -0.39 is 11.5 Å². The van der Waals surface area contributed by atoms with Crippen LogP contribution in [-0.4, -0.2) is 15.9 Å². The number of halogens is 2. The zero-order valence-electron chi connectivity index (χ0n) is 15.0. The lowest BCUT2D eigenvalue weighted by atomic mass is 10.1. The molecule has 148 valence electrons. The molecule has 1 amide bonds. The van der Waals surface area contributed by atoms with E-state index in [0.29, 0.717) is 38.6 Å². The Morgan fingerprint density at radius 1 is 1.17 bits per heavy atom. The van der Waals surface area contributed by atoms with Crippen LogP contribution >= 0.6 is 27.5 Å². The number of nitrogens with one attached hydrogen (secondary N) is 2. The van der Waals surface area contributed by atoms with Crippen LogP contribution in [0.15, 0.2) is 72.9 Å². The van der Waals surface area contributed by atoms with Gasteiger partial charge in [0.25, 0.3) is 11.5 Å². The molecule has 5 rings (SSSR count). The van der Waals surface area contributed by atoms with Crippen molar-refractivity contribution in [2.24, 2.45) is 0 Å². The van der Waals surface area contributed by atoms with E-state index in [-0.39, 0.29) is 11.3 Å². The number of fused-ring (bicyclic) bond motifs is 3. The lowest BCUT2D eigenvalue weighted by Crippen LogP contribution is -2.11. The molecule has 7 nitrogen and oxygen atoms in total. The molecule has 5 aromatic rings. The average molecular weight is 485 g/mol.